The standard InChI is InChI=1S/C19H23BrClN3O2Si/c1-25-16-7-5-13(20)11-15(16)18-14-6-8-17(21)22-19(14)24(23-18)12-26-9-10-27(2,3)4/h5-8,11H,9-10,12H2,1-4H3. The summed E-state index contributed by atoms with van der Waals surface area (Å²) >= 11 is 9.66. The lowest BCUT2D eigenvalue weighted by molar-refractivity contribution is 0.0814. The fourth-order valence-electron chi connectivity index (χ4n) is 2.71. The highest BCUT2D eigenvalue weighted by atomic mass is 79.9. The number of rotatable bonds is 7. The Morgan fingerprint density at radius 3 is 2.67 bits per heavy atom. The maximum Gasteiger partial charge on any atom is 0.162 e. The van der Waals surface area contributed by atoms with Gasteiger partial charge in [-0.1, -0.05) is 47.2 Å². The van der Waals surface area contributed by atoms with Gasteiger partial charge in [0.25, 0.3) is 0 Å². The Labute approximate surface area is 173 Å². The van der Waals surface area contributed by atoms with Gasteiger partial charge in [-0.3, -0.25) is 0 Å². The van der Waals surface area contributed by atoms with E-state index >= 15 is 0 Å². The third-order valence-corrected chi connectivity index (χ3v) is 6.60. The zero-order valence-corrected chi connectivity index (χ0v) is 19.3. The first-order chi connectivity index (χ1) is 12.8. The maximum atomic E-state index is 6.13. The van der Waals surface area contributed by atoms with Crippen molar-refractivity contribution < 1.29 is 9.47 Å². The van der Waals surface area contributed by atoms with Crippen LogP contribution in [0.1, 0.15) is 0 Å². The molecule has 3 rings (SSSR count). The third kappa shape index (κ3) is 4.90. The number of pyridine rings is 1. The van der Waals surface area contributed by atoms with Gasteiger partial charge in [-0.25, -0.2) is 9.67 Å². The Morgan fingerprint density at radius 1 is 1.19 bits per heavy atom. The van der Waals surface area contributed by atoms with E-state index in [1.807, 2.05) is 24.3 Å². The molecule has 0 aliphatic carbocycles. The van der Waals surface area contributed by atoms with Crippen LogP contribution in [0.15, 0.2) is 34.8 Å². The lowest BCUT2D eigenvalue weighted by Crippen LogP contribution is -2.22. The van der Waals surface area contributed by atoms with Gasteiger partial charge >= 0.3 is 0 Å². The lowest BCUT2D eigenvalue weighted by Gasteiger charge is -2.15. The van der Waals surface area contributed by atoms with Gasteiger partial charge in [0.2, 0.25) is 0 Å². The summed E-state index contributed by atoms with van der Waals surface area (Å²) in [4.78, 5) is 4.47. The molecular formula is C19H23BrClN3O2Si. The third-order valence-electron chi connectivity index (χ3n) is 4.19. The van der Waals surface area contributed by atoms with E-state index in [2.05, 4.69) is 40.6 Å². The molecule has 8 heteroatoms. The van der Waals surface area contributed by atoms with E-state index in [1.165, 1.54) is 0 Å². The van der Waals surface area contributed by atoms with Crippen molar-refractivity contribution in [1.29, 1.82) is 0 Å². The SMILES string of the molecule is COc1ccc(Br)cc1-c1nn(COCC[Si](C)(C)C)c2nc(Cl)ccc12. The highest BCUT2D eigenvalue weighted by Gasteiger charge is 2.18. The van der Waals surface area contributed by atoms with Crippen molar-refractivity contribution in [2.45, 2.75) is 32.4 Å². The molecule has 2 heterocycles. The van der Waals surface area contributed by atoms with E-state index in [-0.39, 0.29) is 0 Å². The average Bonchev–Trinajstić information content (AvgIpc) is 2.95. The van der Waals surface area contributed by atoms with Crippen LogP contribution in [0.4, 0.5) is 0 Å². The van der Waals surface area contributed by atoms with Crippen molar-refractivity contribution in [3.8, 4) is 17.0 Å². The van der Waals surface area contributed by atoms with Gasteiger partial charge in [-0.15, -0.1) is 0 Å². The van der Waals surface area contributed by atoms with Gasteiger partial charge in [0.1, 0.15) is 23.3 Å². The van der Waals surface area contributed by atoms with Crippen LogP contribution in [0.5, 0.6) is 5.75 Å². The maximum absolute atomic E-state index is 6.13. The van der Waals surface area contributed by atoms with E-state index < -0.39 is 8.07 Å². The second-order valence-electron chi connectivity index (χ2n) is 7.55. The second kappa shape index (κ2) is 8.30. The minimum Gasteiger partial charge on any atom is -0.496 e. The van der Waals surface area contributed by atoms with Gasteiger partial charge in [0, 0.05) is 30.1 Å². The fraction of sp³-hybridized carbons (Fsp3) is 0.368. The first kappa shape index (κ1) is 20.3. The molecule has 0 aliphatic rings. The fourth-order valence-corrected chi connectivity index (χ4v) is 3.97. The highest BCUT2D eigenvalue weighted by molar-refractivity contribution is 9.10. The second-order valence-corrected chi connectivity index (χ2v) is 14.5. The molecule has 0 radical (unpaired) electrons. The molecule has 0 saturated carbocycles. The summed E-state index contributed by atoms with van der Waals surface area (Å²) in [5, 5.41) is 6.10. The first-order valence-corrected chi connectivity index (χ1v) is 13.6. The number of hydrogen-bond donors (Lipinski definition) is 0. The minimum atomic E-state index is -1.14. The van der Waals surface area contributed by atoms with Crippen LogP contribution in [0.3, 0.4) is 0 Å². The van der Waals surface area contributed by atoms with Crippen molar-refractivity contribution in [2.75, 3.05) is 13.7 Å². The normalized spacial score (nSPS) is 11.9. The van der Waals surface area contributed by atoms with E-state index in [9.17, 15) is 0 Å². The van der Waals surface area contributed by atoms with Crippen molar-refractivity contribution in [2.24, 2.45) is 0 Å². The Bertz CT molecular complexity index is 956. The average molecular weight is 469 g/mol. The van der Waals surface area contributed by atoms with Crippen LogP contribution < -0.4 is 4.74 Å². The van der Waals surface area contributed by atoms with Crippen LogP contribution in [0, 0.1) is 0 Å². The number of methoxy groups -OCH3 is 1. The molecule has 5 nitrogen and oxygen atoms in total. The van der Waals surface area contributed by atoms with Crippen LogP contribution in [-0.2, 0) is 11.5 Å². The summed E-state index contributed by atoms with van der Waals surface area (Å²) in [6.45, 7) is 8.05. The van der Waals surface area contributed by atoms with Gasteiger partial charge in [-0.05, 0) is 36.4 Å². The molecule has 0 fully saturated rings. The van der Waals surface area contributed by atoms with Crippen molar-refractivity contribution in [3.05, 3.63) is 40.0 Å². The Hall–Kier alpha value is -1.41. The van der Waals surface area contributed by atoms with Gasteiger partial charge in [0.15, 0.2) is 5.65 Å². The topological polar surface area (TPSA) is 49.2 Å². The molecule has 3 aromatic rings. The van der Waals surface area contributed by atoms with Gasteiger partial charge in [-0.2, -0.15) is 5.10 Å². The predicted molar refractivity (Wildman–Crippen MR) is 116 cm³/mol. The molecule has 0 spiro atoms. The minimum absolute atomic E-state index is 0.338. The van der Waals surface area contributed by atoms with E-state index in [1.54, 1.807) is 17.9 Å². The molecule has 0 saturated heterocycles. The number of halogens is 2. The van der Waals surface area contributed by atoms with Gasteiger partial charge < -0.3 is 9.47 Å². The van der Waals surface area contributed by atoms with E-state index in [0.717, 1.165) is 32.9 Å². The molecule has 144 valence electrons. The first-order valence-electron chi connectivity index (χ1n) is 8.73. The van der Waals surface area contributed by atoms with Crippen molar-refractivity contribution in [3.63, 3.8) is 0 Å². The Kier molecular flexibility index (Phi) is 6.25. The molecule has 1 aromatic carbocycles. The van der Waals surface area contributed by atoms with Crippen LogP contribution in [-0.4, -0.2) is 36.6 Å². The lowest BCUT2D eigenvalue weighted by atomic mass is 10.1. The molecule has 0 amide bonds. The quantitative estimate of drug-likeness (QED) is 0.248. The van der Waals surface area contributed by atoms with Crippen LogP contribution in [0.2, 0.25) is 30.8 Å². The summed E-state index contributed by atoms with van der Waals surface area (Å²) in [6.07, 6.45) is 0. The zero-order chi connectivity index (χ0) is 19.6. The van der Waals surface area contributed by atoms with E-state index in [4.69, 9.17) is 26.2 Å². The monoisotopic (exact) mass is 467 g/mol. The van der Waals surface area contributed by atoms with Crippen molar-refractivity contribution in [1.82, 2.24) is 14.8 Å². The molecule has 2 aromatic heterocycles. The number of ether oxygens (including phenoxy) is 2. The largest absolute Gasteiger partial charge is 0.496 e. The Balaban J connectivity index is 1.99. The number of hydrogen-bond acceptors (Lipinski definition) is 4. The van der Waals surface area contributed by atoms with Gasteiger partial charge in [0.05, 0.1) is 7.11 Å². The Morgan fingerprint density at radius 2 is 1.96 bits per heavy atom. The van der Waals surface area contributed by atoms with Crippen LogP contribution >= 0.6 is 27.5 Å². The summed E-state index contributed by atoms with van der Waals surface area (Å²) in [6, 6.07) is 10.7. The zero-order valence-electron chi connectivity index (χ0n) is 15.9. The predicted octanol–water partition coefficient (Wildman–Crippen LogP) is 5.84. The highest BCUT2D eigenvalue weighted by Crippen LogP contribution is 2.36. The summed E-state index contributed by atoms with van der Waals surface area (Å²) < 4.78 is 14.1. The molecule has 0 N–H and O–H groups in total. The molecule has 0 atom stereocenters. The summed E-state index contributed by atoms with van der Waals surface area (Å²) in [5.74, 6) is 0.749. The summed E-state index contributed by atoms with van der Waals surface area (Å²) in [5.41, 5.74) is 2.38. The number of benzene rings is 1. The number of fused-ring (bicyclic) bond motifs is 1. The number of aromatic nitrogens is 3. The molecule has 27 heavy (non-hydrogen) atoms. The summed E-state index contributed by atoms with van der Waals surface area (Å²) in [7, 11) is 0.516. The van der Waals surface area contributed by atoms with Crippen LogP contribution in [0.25, 0.3) is 22.3 Å². The molecular weight excluding hydrogens is 446 g/mol. The molecule has 0 unspecified atom stereocenters. The molecule has 0 aliphatic heterocycles. The number of nitrogens with zero attached hydrogens (tertiary/aromatic N) is 3. The molecule has 0 bridgehead atoms. The smallest absolute Gasteiger partial charge is 0.162 e. The van der Waals surface area contributed by atoms with Crippen molar-refractivity contribution >= 4 is 46.6 Å². The van der Waals surface area contributed by atoms with E-state index in [0.29, 0.717) is 24.1 Å².